The highest BCUT2D eigenvalue weighted by Gasteiger charge is 2.29. The van der Waals surface area contributed by atoms with Crippen LogP contribution in [-0.4, -0.2) is 23.4 Å². The molecule has 1 aliphatic rings. The van der Waals surface area contributed by atoms with E-state index in [4.69, 9.17) is 5.73 Å². The van der Waals surface area contributed by atoms with Crippen molar-refractivity contribution in [2.45, 2.75) is 25.4 Å². The Balaban J connectivity index is 1.93. The molecule has 0 aliphatic heterocycles. The molecule has 1 fully saturated rings. The van der Waals surface area contributed by atoms with E-state index in [0.29, 0.717) is 12.6 Å². The summed E-state index contributed by atoms with van der Waals surface area (Å²) in [5, 5.41) is 4.18. The highest BCUT2D eigenvalue weighted by molar-refractivity contribution is 7.07. The van der Waals surface area contributed by atoms with Gasteiger partial charge in [-0.25, -0.2) is 0 Å². The Morgan fingerprint density at radius 2 is 2.43 bits per heavy atom. The fourth-order valence-electron chi connectivity index (χ4n) is 1.57. The van der Waals surface area contributed by atoms with Gasteiger partial charge in [0.25, 0.3) is 0 Å². The smallest absolute Gasteiger partial charge is 0.231 e. The average Bonchev–Trinajstić information content (AvgIpc) is 2.85. The molecule has 1 heterocycles. The number of amides is 1. The maximum absolute atomic E-state index is 10.9. The van der Waals surface area contributed by atoms with Crippen molar-refractivity contribution < 1.29 is 4.79 Å². The summed E-state index contributed by atoms with van der Waals surface area (Å²) in [6, 6.07) is 2.68. The van der Waals surface area contributed by atoms with Crippen LogP contribution in [0.4, 0.5) is 0 Å². The summed E-state index contributed by atoms with van der Waals surface area (Å²) in [6.45, 7) is 1.25. The standard InChI is InChI=1S/C10H14N2OS/c11-10(13)6-12(9-1-2-9)5-8-3-4-14-7-8/h3-4,7,9H,1-2,5-6H2,(H2,11,13). The van der Waals surface area contributed by atoms with E-state index in [9.17, 15) is 4.79 Å². The Bertz CT molecular complexity index is 306. The Morgan fingerprint density at radius 1 is 1.64 bits per heavy atom. The zero-order valence-electron chi connectivity index (χ0n) is 7.98. The number of nitrogens with zero attached hydrogens (tertiary/aromatic N) is 1. The molecule has 14 heavy (non-hydrogen) atoms. The fourth-order valence-corrected chi connectivity index (χ4v) is 2.23. The predicted molar refractivity (Wildman–Crippen MR) is 56.9 cm³/mol. The van der Waals surface area contributed by atoms with Crippen molar-refractivity contribution in [3.05, 3.63) is 22.4 Å². The molecule has 1 aromatic rings. The second-order valence-corrected chi connectivity index (χ2v) is 4.51. The molecule has 2 N–H and O–H groups in total. The first-order chi connectivity index (χ1) is 6.75. The quantitative estimate of drug-likeness (QED) is 0.793. The van der Waals surface area contributed by atoms with E-state index in [1.807, 2.05) is 0 Å². The van der Waals surface area contributed by atoms with Crippen molar-refractivity contribution in [1.82, 2.24) is 4.90 Å². The molecule has 0 atom stereocenters. The Kier molecular flexibility index (Phi) is 2.84. The van der Waals surface area contributed by atoms with Crippen LogP contribution in [0.15, 0.2) is 16.8 Å². The summed E-state index contributed by atoms with van der Waals surface area (Å²) < 4.78 is 0. The Morgan fingerprint density at radius 3 is 2.93 bits per heavy atom. The van der Waals surface area contributed by atoms with E-state index in [-0.39, 0.29) is 5.91 Å². The van der Waals surface area contributed by atoms with Crippen LogP contribution < -0.4 is 5.73 Å². The van der Waals surface area contributed by atoms with Gasteiger partial charge in [-0.3, -0.25) is 9.69 Å². The van der Waals surface area contributed by atoms with Gasteiger partial charge in [0.1, 0.15) is 0 Å². The minimum absolute atomic E-state index is 0.230. The number of hydrogen-bond acceptors (Lipinski definition) is 3. The third-order valence-corrected chi connectivity index (χ3v) is 3.12. The van der Waals surface area contributed by atoms with Gasteiger partial charge in [0.05, 0.1) is 6.54 Å². The van der Waals surface area contributed by atoms with Gasteiger partial charge in [0, 0.05) is 12.6 Å². The second kappa shape index (κ2) is 4.11. The minimum atomic E-state index is -0.230. The summed E-state index contributed by atoms with van der Waals surface area (Å²) in [5.74, 6) is -0.230. The summed E-state index contributed by atoms with van der Waals surface area (Å²) in [5.41, 5.74) is 6.49. The van der Waals surface area contributed by atoms with Crippen LogP contribution in [-0.2, 0) is 11.3 Å². The van der Waals surface area contributed by atoms with Crippen molar-refractivity contribution >= 4 is 17.2 Å². The van der Waals surface area contributed by atoms with Crippen molar-refractivity contribution in [1.29, 1.82) is 0 Å². The molecular weight excluding hydrogens is 196 g/mol. The first-order valence-electron chi connectivity index (χ1n) is 4.79. The van der Waals surface area contributed by atoms with E-state index in [0.717, 1.165) is 6.54 Å². The first kappa shape index (κ1) is 9.68. The first-order valence-corrected chi connectivity index (χ1v) is 5.73. The molecule has 1 aromatic heterocycles. The average molecular weight is 210 g/mol. The lowest BCUT2D eigenvalue weighted by Gasteiger charge is -2.19. The maximum Gasteiger partial charge on any atom is 0.231 e. The molecule has 0 spiro atoms. The molecule has 2 rings (SSSR count). The van der Waals surface area contributed by atoms with E-state index >= 15 is 0 Å². The van der Waals surface area contributed by atoms with Gasteiger partial charge in [0.15, 0.2) is 0 Å². The lowest BCUT2D eigenvalue weighted by atomic mass is 10.3. The number of rotatable bonds is 5. The number of nitrogens with two attached hydrogens (primary N) is 1. The fraction of sp³-hybridized carbons (Fsp3) is 0.500. The molecule has 3 nitrogen and oxygen atoms in total. The van der Waals surface area contributed by atoms with E-state index in [2.05, 4.69) is 21.7 Å². The lowest BCUT2D eigenvalue weighted by molar-refractivity contribution is -0.119. The van der Waals surface area contributed by atoms with Gasteiger partial charge in [-0.15, -0.1) is 0 Å². The topological polar surface area (TPSA) is 46.3 Å². The van der Waals surface area contributed by atoms with Gasteiger partial charge in [-0.05, 0) is 35.2 Å². The number of carbonyl (C=O) groups is 1. The lowest BCUT2D eigenvalue weighted by Crippen LogP contribution is -2.34. The number of thiophene rings is 1. The number of primary amides is 1. The Hall–Kier alpha value is -0.870. The summed E-state index contributed by atoms with van der Waals surface area (Å²) in [6.07, 6.45) is 2.41. The maximum atomic E-state index is 10.9. The third-order valence-electron chi connectivity index (χ3n) is 2.39. The molecule has 0 radical (unpaired) electrons. The molecule has 1 amide bonds. The predicted octanol–water partition coefficient (Wildman–Crippen LogP) is 1.20. The highest BCUT2D eigenvalue weighted by atomic mass is 32.1. The zero-order valence-corrected chi connectivity index (χ0v) is 8.80. The van der Waals surface area contributed by atoms with Gasteiger partial charge in [-0.2, -0.15) is 11.3 Å². The molecule has 0 unspecified atom stereocenters. The van der Waals surface area contributed by atoms with E-state index in [1.165, 1.54) is 18.4 Å². The third kappa shape index (κ3) is 2.56. The SMILES string of the molecule is NC(=O)CN(Cc1ccsc1)C1CC1. The van der Waals surface area contributed by atoms with Crippen LogP contribution in [0.2, 0.25) is 0 Å². The molecule has 1 saturated carbocycles. The van der Waals surface area contributed by atoms with Crippen LogP contribution in [0.1, 0.15) is 18.4 Å². The molecule has 1 aliphatic carbocycles. The minimum Gasteiger partial charge on any atom is -0.369 e. The Labute approximate surface area is 87.5 Å². The largest absolute Gasteiger partial charge is 0.369 e. The van der Waals surface area contributed by atoms with Crippen molar-refractivity contribution in [2.24, 2.45) is 5.73 Å². The molecule has 0 aromatic carbocycles. The summed E-state index contributed by atoms with van der Waals surface area (Å²) >= 11 is 1.69. The van der Waals surface area contributed by atoms with Gasteiger partial charge in [-0.1, -0.05) is 0 Å². The molecular formula is C10H14N2OS. The molecule has 4 heteroatoms. The van der Waals surface area contributed by atoms with Crippen LogP contribution >= 0.6 is 11.3 Å². The van der Waals surface area contributed by atoms with Crippen molar-refractivity contribution in [3.8, 4) is 0 Å². The molecule has 0 bridgehead atoms. The monoisotopic (exact) mass is 210 g/mol. The van der Waals surface area contributed by atoms with Crippen LogP contribution in [0.3, 0.4) is 0 Å². The summed E-state index contributed by atoms with van der Waals surface area (Å²) in [7, 11) is 0. The number of hydrogen-bond donors (Lipinski definition) is 1. The normalized spacial score (nSPS) is 16.1. The van der Waals surface area contributed by atoms with Crippen LogP contribution in [0.5, 0.6) is 0 Å². The van der Waals surface area contributed by atoms with Gasteiger partial charge < -0.3 is 5.73 Å². The van der Waals surface area contributed by atoms with E-state index in [1.54, 1.807) is 11.3 Å². The van der Waals surface area contributed by atoms with Crippen LogP contribution in [0.25, 0.3) is 0 Å². The molecule has 76 valence electrons. The van der Waals surface area contributed by atoms with Crippen molar-refractivity contribution in [3.63, 3.8) is 0 Å². The van der Waals surface area contributed by atoms with Crippen LogP contribution in [0, 0.1) is 0 Å². The van der Waals surface area contributed by atoms with E-state index < -0.39 is 0 Å². The highest BCUT2D eigenvalue weighted by Crippen LogP contribution is 2.28. The van der Waals surface area contributed by atoms with Gasteiger partial charge in [0.2, 0.25) is 5.91 Å². The summed E-state index contributed by atoms with van der Waals surface area (Å²) in [4.78, 5) is 13.0. The molecule has 0 saturated heterocycles. The zero-order chi connectivity index (χ0) is 9.97. The van der Waals surface area contributed by atoms with Gasteiger partial charge >= 0.3 is 0 Å². The number of carbonyl (C=O) groups excluding carboxylic acids is 1. The van der Waals surface area contributed by atoms with Crippen molar-refractivity contribution in [2.75, 3.05) is 6.54 Å². The second-order valence-electron chi connectivity index (χ2n) is 3.73.